The van der Waals surface area contributed by atoms with Gasteiger partial charge in [-0.2, -0.15) is 0 Å². The van der Waals surface area contributed by atoms with E-state index in [-0.39, 0.29) is 0 Å². The van der Waals surface area contributed by atoms with Crippen molar-refractivity contribution in [1.82, 2.24) is 0 Å². The third-order valence-electron chi connectivity index (χ3n) is 3.20. The van der Waals surface area contributed by atoms with Gasteiger partial charge in [0.2, 0.25) is 0 Å². The van der Waals surface area contributed by atoms with E-state index in [0.717, 1.165) is 6.54 Å². The van der Waals surface area contributed by atoms with Gasteiger partial charge in [-0.05, 0) is 17.8 Å². The van der Waals surface area contributed by atoms with Gasteiger partial charge >= 0.3 is 0 Å². The molecule has 1 aliphatic heterocycles. The molecule has 1 aromatic rings. The average molecular weight is 225 g/mol. The lowest BCUT2D eigenvalue weighted by atomic mass is 9.82. The Bertz CT molecular complexity index is 336. The molecule has 1 unspecified atom stereocenters. The maximum atomic E-state index is 2.42. The van der Waals surface area contributed by atoms with E-state index in [1.807, 2.05) is 11.5 Å². The van der Waals surface area contributed by atoms with Gasteiger partial charge in [-0.15, -0.1) is 3.96 Å². The summed E-state index contributed by atoms with van der Waals surface area (Å²) in [5, 5.41) is 1.45. The number of hydrogen-bond donors (Lipinski definition) is 0. The number of nitrogens with zero attached hydrogens (tertiary/aromatic N) is 2. The predicted octanol–water partition coefficient (Wildman–Crippen LogP) is 2.54. The van der Waals surface area contributed by atoms with E-state index in [0.29, 0.717) is 11.3 Å². The molecule has 0 saturated carbocycles. The normalized spacial score (nSPS) is 24.9. The van der Waals surface area contributed by atoms with Gasteiger partial charge < -0.3 is 4.90 Å². The number of rotatable bonds is 0. The Balaban J connectivity index is 2.43. The Morgan fingerprint density at radius 1 is 1.53 bits per heavy atom. The average Bonchev–Trinajstić information content (AvgIpc) is 2.41. The summed E-state index contributed by atoms with van der Waals surface area (Å²) in [4.78, 5) is 2.42. The van der Waals surface area contributed by atoms with Crippen LogP contribution >= 0.6 is 11.5 Å². The van der Waals surface area contributed by atoms with Gasteiger partial charge in [-0.3, -0.25) is 0 Å². The van der Waals surface area contributed by atoms with E-state index in [1.54, 1.807) is 0 Å². The van der Waals surface area contributed by atoms with Crippen molar-refractivity contribution < 1.29 is 3.96 Å². The molecule has 15 heavy (non-hydrogen) atoms. The van der Waals surface area contributed by atoms with Crippen molar-refractivity contribution in [2.45, 2.75) is 33.1 Å². The van der Waals surface area contributed by atoms with E-state index in [9.17, 15) is 0 Å². The van der Waals surface area contributed by atoms with Crippen LogP contribution in [0.1, 0.15) is 38.7 Å². The molecule has 84 valence electrons. The number of anilines is 1. The molecule has 0 aliphatic carbocycles. The summed E-state index contributed by atoms with van der Waals surface area (Å²) < 4.78 is 2.22. The number of aromatic nitrogens is 1. The lowest BCUT2D eigenvalue weighted by Gasteiger charge is -2.28. The van der Waals surface area contributed by atoms with Crippen LogP contribution in [0.5, 0.6) is 0 Å². The van der Waals surface area contributed by atoms with Gasteiger partial charge in [0.1, 0.15) is 0 Å². The Labute approximate surface area is 96.7 Å². The maximum Gasteiger partial charge on any atom is 0.189 e. The highest BCUT2D eigenvalue weighted by molar-refractivity contribution is 7.06. The van der Waals surface area contributed by atoms with Crippen LogP contribution in [0.3, 0.4) is 0 Å². The second-order valence-electron chi connectivity index (χ2n) is 5.65. The van der Waals surface area contributed by atoms with Gasteiger partial charge in [-0.25, -0.2) is 0 Å². The Morgan fingerprint density at radius 2 is 2.20 bits per heavy atom. The van der Waals surface area contributed by atoms with Gasteiger partial charge in [0.15, 0.2) is 29.8 Å². The second-order valence-corrected chi connectivity index (χ2v) is 6.80. The summed E-state index contributed by atoms with van der Waals surface area (Å²) in [5.41, 5.74) is 1.95. The molecular formula is C12H21N2S+. The third-order valence-corrected chi connectivity index (χ3v) is 4.31. The lowest BCUT2D eigenvalue weighted by molar-refractivity contribution is -0.601. The number of hydrogen-bond acceptors (Lipinski definition) is 2. The first kappa shape index (κ1) is 10.9. The maximum absolute atomic E-state index is 2.42. The fraction of sp³-hybridized carbons (Fsp3) is 0.750. The van der Waals surface area contributed by atoms with Crippen molar-refractivity contribution in [2.75, 3.05) is 18.5 Å². The minimum atomic E-state index is 0.422. The summed E-state index contributed by atoms with van der Waals surface area (Å²) in [6, 6.07) is 0. The highest BCUT2D eigenvalue weighted by Gasteiger charge is 2.33. The van der Waals surface area contributed by atoms with Crippen LogP contribution in [-0.4, -0.2) is 13.6 Å². The monoisotopic (exact) mass is 225 g/mol. The minimum absolute atomic E-state index is 0.422. The first-order valence-electron chi connectivity index (χ1n) is 5.60. The largest absolute Gasteiger partial charge is 0.361 e. The van der Waals surface area contributed by atoms with Gasteiger partial charge in [0, 0.05) is 13.6 Å². The van der Waals surface area contributed by atoms with Crippen LogP contribution in [0.2, 0.25) is 0 Å². The third kappa shape index (κ3) is 2.03. The molecule has 0 amide bonds. The van der Waals surface area contributed by atoms with Crippen LogP contribution in [0.25, 0.3) is 0 Å². The molecule has 2 heterocycles. The van der Waals surface area contributed by atoms with Crippen molar-refractivity contribution in [1.29, 1.82) is 0 Å². The number of aryl methyl sites for hydroxylation is 1. The molecule has 0 radical (unpaired) electrons. The summed E-state index contributed by atoms with van der Waals surface area (Å²) in [6.45, 7) is 8.25. The summed E-state index contributed by atoms with van der Waals surface area (Å²) in [7, 11) is 4.35. The highest BCUT2D eigenvalue weighted by atomic mass is 32.1. The topological polar surface area (TPSA) is 7.12 Å². The molecule has 0 spiro atoms. The second kappa shape index (κ2) is 3.48. The summed E-state index contributed by atoms with van der Waals surface area (Å²) in [5.74, 6) is 0.678. The van der Waals surface area contributed by atoms with Gasteiger partial charge in [-0.1, -0.05) is 20.8 Å². The van der Waals surface area contributed by atoms with Crippen molar-refractivity contribution in [2.24, 2.45) is 12.5 Å². The zero-order valence-corrected chi connectivity index (χ0v) is 11.2. The van der Waals surface area contributed by atoms with Crippen molar-refractivity contribution in [3.63, 3.8) is 0 Å². The van der Waals surface area contributed by atoms with Crippen LogP contribution in [0.4, 0.5) is 5.00 Å². The Kier molecular flexibility index (Phi) is 2.53. The molecule has 2 nitrogen and oxygen atoms in total. The van der Waals surface area contributed by atoms with Gasteiger partial charge in [0.05, 0.1) is 5.56 Å². The van der Waals surface area contributed by atoms with Gasteiger partial charge in [0.25, 0.3) is 0 Å². The zero-order chi connectivity index (χ0) is 11.2. The van der Waals surface area contributed by atoms with Crippen molar-refractivity contribution in [3.05, 3.63) is 11.8 Å². The molecule has 1 atom stereocenters. The zero-order valence-electron chi connectivity index (χ0n) is 10.4. The molecule has 1 aromatic heterocycles. The standard InChI is InChI=1S/C12H21N2S/c1-9-6-12(2,3)8-13(4)11-10(9)7-14(5)15-11/h7,9H,6,8H2,1-5H3/q+1. The van der Waals surface area contributed by atoms with E-state index < -0.39 is 0 Å². The molecule has 0 aromatic carbocycles. The van der Waals surface area contributed by atoms with Crippen LogP contribution in [0.15, 0.2) is 6.20 Å². The minimum Gasteiger partial charge on any atom is -0.361 e. The fourth-order valence-corrected chi connectivity index (χ4v) is 3.81. The van der Waals surface area contributed by atoms with E-state index in [2.05, 4.69) is 49.9 Å². The molecule has 0 saturated heterocycles. The molecular weight excluding hydrogens is 204 g/mol. The lowest BCUT2D eigenvalue weighted by Crippen LogP contribution is -2.30. The van der Waals surface area contributed by atoms with Crippen LogP contribution in [0, 0.1) is 5.41 Å². The summed E-state index contributed by atoms with van der Waals surface area (Å²) >= 11 is 1.86. The molecule has 3 heteroatoms. The summed E-state index contributed by atoms with van der Waals surface area (Å²) in [6.07, 6.45) is 3.57. The molecule has 0 N–H and O–H groups in total. The quantitative estimate of drug-likeness (QED) is 0.616. The molecule has 0 fully saturated rings. The van der Waals surface area contributed by atoms with Crippen molar-refractivity contribution in [3.8, 4) is 0 Å². The first-order chi connectivity index (χ1) is 6.89. The predicted molar refractivity (Wildman–Crippen MR) is 65.6 cm³/mol. The Morgan fingerprint density at radius 3 is 2.87 bits per heavy atom. The molecule has 2 rings (SSSR count). The highest BCUT2D eigenvalue weighted by Crippen LogP contribution is 2.41. The number of fused-ring (bicyclic) bond motifs is 1. The van der Waals surface area contributed by atoms with Crippen molar-refractivity contribution >= 4 is 16.5 Å². The van der Waals surface area contributed by atoms with Crippen LogP contribution in [-0.2, 0) is 7.05 Å². The fourth-order valence-electron chi connectivity index (χ4n) is 2.81. The first-order valence-corrected chi connectivity index (χ1v) is 6.37. The van der Waals surface area contributed by atoms with E-state index >= 15 is 0 Å². The Hall–Kier alpha value is -0.570. The molecule has 0 bridgehead atoms. The molecule has 1 aliphatic rings. The SMILES string of the molecule is CC1CC(C)(C)CN(C)c2s[n+](C)cc21. The van der Waals surface area contributed by atoms with E-state index in [1.165, 1.54) is 17.0 Å². The smallest absolute Gasteiger partial charge is 0.189 e. The van der Waals surface area contributed by atoms with E-state index in [4.69, 9.17) is 0 Å². The van der Waals surface area contributed by atoms with Crippen LogP contribution < -0.4 is 8.86 Å².